The number of nitrogens with zero attached hydrogens (tertiary/aromatic N) is 1. The van der Waals surface area contributed by atoms with Crippen molar-refractivity contribution in [3.8, 4) is 0 Å². The highest BCUT2D eigenvalue weighted by Gasteiger charge is 2.25. The normalized spacial score (nSPS) is 21.1. The van der Waals surface area contributed by atoms with Gasteiger partial charge >= 0.3 is 0 Å². The van der Waals surface area contributed by atoms with E-state index in [0.717, 1.165) is 13.1 Å². The smallest absolute Gasteiger partial charge is 0.237 e. The Balaban J connectivity index is 2.44. The minimum absolute atomic E-state index is 0.0181. The summed E-state index contributed by atoms with van der Waals surface area (Å²) in [4.78, 5) is 14.2. The molecule has 0 radical (unpaired) electrons. The molecule has 88 valence electrons. The Hall–Kier alpha value is -0.570. The molecule has 1 aliphatic rings. The molecule has 1 amide bonds. The van der Waals surface area contributed by atoms with Gasteiger partial charge in [-0.2, -0.15) is 0 Å². The van der Waals surface area contributed by atoms with Gasteiger partial charge < -0.3 is 5.32 Å². The number of carbonyl (C=O) groups excluding carboxylic acids is 1. The van der Waals surface area contributed by atoms with Gasteiger partial charge in [0.15, 0.2) is 0 Å². The third kappa shape index (κ3) is 4.20. The topological polar surface area (TPSA) is 32.3 Å². The van der Waals surface area contributed by atoms with Crippen LogP contribution in [0.2, 0.25) is 0 Å². The molecule has 0 aliphatic carbocycles. The van der Waals surface area contributed by atoms with E-state index >= 15 is 0 Å². The number of amides is 1. The second-order valence-electron chi connectivity index (χ2n) is 5.51. The molecule has 1 atom stereocenters. The number of hydrogen-bond donors (Lipinski definition) is 1. The minimum Gasteiger partial charge on any atom is -0.350 e. The fourth-order valence-electron chi connectivity index (χ4n) is 1.95. The first kappa shape index (κ1) is 12.5. The first-order valence-corrected chi connectivity index (χ1v) is 5.96. The first-order valence-electron chi connectivity index (χ1n) is 5.96. The first-order chi connectivity index (χ1) is 6.90. The number of piperidine rings is 1. The summed E-state index contributed by atoms with van der Waals surface area (Å²) in [5, 5.41) is 3.04. The van der Waals surface area contributed by atoms with E-state index in [2.05, 4.69) is 10.2 Å². The molecule has 0 unspecified atom stereocenters. The number of likely N-dealkylation sites (tertiary alicyclic amines) is 1. The molecule has 1 rings (SSSR count). The van der Waals surface area contributed by atoms with Crippen molar-refractivity contribution in [1.29, 1.82) is 0 Å². The van der Waals surface area contributed by atoms with Crippen LogP contribution < -0.4 is 5.32 Å². The van der Waals surface area contributed by atoms with Crippen molar-refractivity contribution >= 4 is 5.91 Å². The van der Waals surface area contributed by atoms with E-state index in [1.807, 2.05) is 27.7 Å². The molecule has 1 fully saturated rings. The molecule has 0 aromatic rings. The Morgan fingerprint density at radius 2 is 1.73 bits per heavy atom. The lowest BCUT2D eigenvalue weighted by atomic mass is 10.1. The molecule has 3 heteroatoms. The predicted octanol–water partition coefficient (Wildman–Crippen LogP) is 1.78. The van der Waals surface area contributed by atoms with Crippen LogP contribution in [0, 0.1) is 0 Å². The molecule has 0 aromatic heterocycles. The van der Waals surface area contributed by atoms with Crippen molar-refractivity contribution in [1.82, 2.24) is 10.2 Å². The van der Waals surface area contributed by atoms with Crippen LogP contribution in [0.4, 0.5) is 0 Å². The van der Waals surface area contributed by atoms with Gasteiger partial charge in [-0.25, -0.2) is 0 Å². The molecule has 1 saturated heterocycles. The van der Waals surface area contributed by atoms with Crippen molar-refractivity contribution in [3.63, 3.8) is 0 Å². The van der Waals surface area contributed by atoms with Crippen LogP contribution in [0.1, 0.15) is 47.0 Å². The standard InChI is InChI=1S/C12H24N2O/c1-10(11(15)13-12(2,3)4)14-8-6-5-7-9-14/h10H,5-9H2,1-4H3,(H,13,15)/t10-/m0/s1. The van der Waals surface area contributed by atoms with Crippen molar-refractivity contribution < 1.29 is 4.79 Å². The zero-order chi connectivity index (χ0) is 11.5. The predicted molar refractivity (Wildman–Crippen MR) is 62.8 cm³/mol. The lowest BCUT2D eigenvalue weighted by Gasteiger charge is -2.33. The van der Waals surface area contributed by atoms with Gasteiger partial charge in [0.05, 0.1) is 6.04 Å². The Morgan fingerprint density at radius 3 is 2.20 bits per heavy atom. The third-order valence-electron chi connectivity index (χ3n) is 2.82. The maximum Gasteiger partial charge on any atom is 0.237 e. The summed E-state index contributed by atoms with van der Waals surface area (Å²) >= 11 is 0. The van der Waals surface area contributed by atoms with Gasteiger partial charge in [0.25, 0.3) is 0 Å². The minimum atomic E-state index is -0.124. The van der Waals surface area contributed by atoms with Crippen molar-refractivity contribution in [3.05, 3.63) is 0 Å². The second kappa shape index (κ2) is 4.97. The van der Waals surface area contributed by atoms with Gasteiger partial charge in [0.1, 0.15) is 0 Å². The van der Waals surface area contributed by atoms with Crippen LogP contribution in [-0.4, -0.2) is 35.5 Å². The summed E-state index contributed by atoms with van der Waals surface area (Å²) in [7, 11) is 0. The Kier molecular flexibility index (Phi) is 4.14. The lowest BCUT2D eigenvalue weighted by molar-refractivity contribution is -0.127. The number of rotatable bonds is 2. The Morgan fingerprint density at radius 1 is 1.20 bits per heavy atom. The highest BCUT2D eigenvalue weighted by molar-refractivity contribution is 5.81. The van der Waals surface area contributed by atoms with Gasteiger partial charge in [0.2, 0.25) is 5.91 Å². The largest absolute Gasteiger partial charge is 0.350 e. The van der Waals surface area contributed by atoms with E-state index in [4.69, 9.17) is 0 Å². The van der Waals surface area contributed by atoms with Crippen LogP contribution in [-0.2, 0) is 4.79 Å². The fraction of sp³-hybridized carbons (Fsp3) is 0.917. The molecule has 1 aliphatic heterocycles. The monoisotopic (exact) mass is 212 g/mol. The van der Waals surface area contributed by atoms with Crippen LogP contribution in [0.15, 0.2) is 0 Å². The average molecular weight is 212 g/mol. The summed E-state index contributed by atoms with van der Waals surface area (Å²) in [6.45, 7) is 10.2. The fourth-order valence-corrected chi connectivity index (χ4v) is 1.95. The maximum absolute atomic E-state index is 11.9. The molecule has 1 N–H and O–H groups in total. The van der Waals surface area contributed by atoms with E-state index in [1.165, 1.54) is 19.3 Å². The zero-order valence-electron chi connectivity index (χ0n) is 10.5. The highest BCUT2D eigenvalue weighted by atomic mass is 16.2. The highest BCUT2D eigenvalue weighted by Crippen LogP contribution is 2.12. The number of hydrogen-bond acceptors (Lipinski definition) is 2. The van der Waals surface area contributed by atoms with Crippen LogP contribution in [0.5, 0.6) is 0 Å². The molecule has 1 heterocycles. The van der Waals surface area contributed by atoms with Crippen LogP contribution in [0.3, 0.4) is 0 Å². The number of nitrogens with one attached hydrogen (secondary N) is 1. The molecule has 0 spiro atoms. The van der Waals surface area contributed by atoms with E-state index in [9.17, 15) is 4.79 Å². The van der Waals surface area contributed by atoms with E-state index in [1.54, 1.807) is 0 Å². The molecule has 0 bridgehead atoms. The van der Waals surface area contributed by atoms with E-state index in [0.29, 0.717) is 0 Å². The summed E-state index contributed by atoms with van der Waals surface area (Å²) < 4.78 is 0. The number of carbonyl (C=O) groups is 1. The van der Waals surface area contributed by atoms with Crippen LogP contribution in [0.25, 0.3) is 0 Å². The lowest BCUT2D eigenvalue weighted by Crippen LogP contribution is -2.52. The average Bonchev–Trinajstić information content (AvgIpc) is 2.15. The third-order valence-corrected chi connectivity index (χ3v) is 2.82. The quantitative estimate of drug-likeness (QED) is 0.756. The van der Waals surface area contributed by atoms with Crippen LogP contribution >= 0.6 is 0 Å². The van der Waals surface area contributed by atoms with Gasteiger partial charge in [-0.3, -0.25) is 9.69 Å². The van der Waals surface area contributed by atoms with Crippen molar-refractivity contribution in [2.24, 2.45) is 0 Å². The van der Waals surface area contributed by atoms with Gasteiger partial charge in [-0.1, -0.05) is 6.42 Å². The van der Waals surface area contributed by atoms with E-state index in [-0.39, 0.29) is 17.5 Å². The Bertz CT molecular complexity index is 214. The molecule has 0 aromatic carbocycles. The summed E-state index contributed by atoms with van der Waals surface area (Å²) in [5.41, 5.74) is -0.124. The molecule has 15 heavy (non-hydrogen) atoms. The molecular weight excluding hydrogens is 188 g/mol. The van der Waals surface area contributed by atoms with Gasteiger partial charge in [-0.15, -0.1) is 0 Å². The molecular formula is C12H24N2O. The zero-order valence-corrected chi connectivity index (χ0v) is 10.5. The van der Waals surface area contributed by atoms with Gasteiger partial charge in [0, 0.05) is 5.54 Å². The Labute approximate surface area is 93.2 Å². The molecule has 0 saturated carbocycles. The van der Waals surface area contributed by atoms with E-state index < -0.39 is 0 Å². The summed E-state index contributed by atoms with van der Waals surface area (Å²) in [6.07, 6.45) is 3.77. The van der Waals surface area contributed by atoms with Gasteiger partial charge in [-0.05, 0) is 53.6 Å². The van der Waals surface area contributed by atoms with Crippen molar-refractivity contribution in [2.75, 3.05) is 13.1 Å². The molecule has 3 nitrogen and oxygen atoms in total. The second-order valence-corrected chi connectivity index (χ2v) is 5.51. The SMILES string of the molecule is C[C@@H](C(=O)NC(C)(C)C)N1CCCCC1. The maximum atomic E-state index is 11.9. The summed E-state index contributed by atoms with van der Waals surface area (Å²) in [5.74, 6) is 0.157. The van der Waals surface area contributed by atoms with Crippen molar-refractivity contribution in [2.45, 2.75) is 58.5 Å². The summed E-state index contributed by atoms with van der Waals surface area (Å²) in [6, 6.07) is 0.0181.